The zero-order chi connectivity index (χ0) is 17.2. The van der Waals surface area contributed by atoms with Gasteiger partial charge in [0, 0.05) is 25.4 Å². The Kier molecular flexibility index (Phi) is 4.58. The van der Waals surface area contributed by atoms with Crippen molar-refractivity contribution in [2.45, 2.75) is 17.2 Å². The summed E-state index contributed by atoms with van der Waals surface area (Å²) in [6, 6.07) is 7.98. The van der Waals surface area contributed by atoms with Crippen LogP contribution < -0.4 is 5.32 Å². The van der Waals surface area contributed by atoms with Gasteiger partial charge >= 0.3 is 6.03 Å². The van der Waals surface area contributed by atoms with Gasteiger partial charge in [-0.2, -0.15) is 0 Å². The van der Waals surface area contributed by atoms with E-state index in [2.05, 4.69) is 25.5 Å². The first-order valence-electron chi connectivity index (χ1n) is 8.09. The van der Waals surface area contributed by atoms with Crippen molar-refractivity contribution in [2.75, 3.05) is 25.4 Å². The van der Waals surface area contributed by atoms with Crippen LogP contribution in [0.1, 0.15) is 16.7 Å². The summed E-state index contributed by atoms with van der Waals surface area (Å²) >= 11 is 3.19. The van der Waals surface area contributed by atoms with E-state index >= 15 is 0 Å². The number of benzene rings is 1. The molecular weight excluding hydrogens is 356 g/mol. The molecular formula is C16H18N6OS2. The Morgan fingerprint density at radius 2 is 2.24 bits per heavy atom. The lowest BCUT2D eigenvalue weighted by atomic mass is 10.0. The van der Waals surface area contributed by atoms with Crippen LogP contribution >= 0.6 is 23.1 Å². The van der Waals surface area contributed by atoms with E-state index in [9.17, 15) is 4.79 Å². The number of amides is 2. The fourth-order valence-corrected chi connectivity index (χ4v) is 4.47. The Hall–Kier alpha value is -2.13. The second-order valence-electron chi connectivity index (χ2n) is 5.91. The highest BCUT2D eigenvalue weighted by Crippen LogP contribution is 2.26. The maximum atomic E-state index is 12.1. The van der Waals surface area contributed by atoms with Crippen molar-refractivity contribution in [1.82, 2.24) is 30.4 Å². The number of aromatic nitrogens is 4. The summed E-state index contributed by atoms with van der Waals surface area (Å²) in [5.74, 6) is 2.05. The topological polar surface area (TPSA) is 86.8 Å². The van der Waals surface area contributed by atoms with Crippen LogP contribution in [-0.4, -0.2) is 56.5 Å². The Morgan fingerprint density at radius 3 is 3.00 bits per heavy atom. The minimum absolute atomic E-state index is 0.0126. The lowest BCUT2D eigenvalue weighted by Crippen LogP contribution is -2.53. The molecule has 1 aromatic carbocycles. The van der Waals surface area contributed by atoms with E-state index in [0.29, 0.717) is 19.6 Å². The standard InChI is InChI=1S/C16H18N6OS2/c1-10-20-21-16(25-10)24-7-6-17-15(23)22-8-11(9-22)14-18-12-4-2-3-5-13(12)19-14/h2-5,11H,6-9H2,1H3,(H,17,23)(H,18,19). The molecule has 0 saturated carbocycles. The molecule has 0 spiro atoms. The summed E-state index contributed by atoms with van der Waals surface area (Å²) in [4.78, 5) is 21.9. The Balaban J connectivity index is 1.21. The number of likely N-dealkylation sites (tertiary alicyclic amines) is 1. The number of thioether (sulfide) groups is 1. The van der Waals surface area contributed by atoms with Crippen LogP contribution in [0, 0.1) is 6.92 Å². The molecule has 3 aromatic rings. The van der Waals surface area contributed by atoms with Crippen LogP contribution in [0.25, 0.3) is 11.0 Å². The van der Waals surface area contributed by atoms with Crippen LogP contribution in [0.4, 0.5) is 4.79 Å². The molecule has 2 aromatic heterocycles. The number of aryl methyl sites for hydroxylation is 1. The smallest absolute Gasteiger partial charge is 0.317 e. The predicted octanol–water partition coefficient (Wildman–Crippen LogP) is 2.62. The van der Waals surface area contributed by atoms with Gasteiger partial charge in [0.1, 0.15) is 10.8 Å². The third kappa shape index (κ3) is 3.62. The molecule has 0 radical (unpaired) electrons. The first-order valence-corrected chi connectivity index (χ1v) is 9.89. The van der Waals surface area contributed by atoms with E-state index in [4.69, 9.17) is 0 Å². The molecule has 0 bridgehead atoms. The number of rotatable bonds is 5. The normalized spacial score (nSPS) is 14.7. The van der Waals surface area contributed by atoms with Gasteiger partial charge in [-0.25, -0.2) is 9.78 Å². The van der Waals surface area contributed by atoms with E-state index in [-0.39, 0.29) is 11.9 Å². The van der Waals surface area contributed by atoms with E-state index in [1.54, 1.807) is 23.1 Å². The van der Waals surface area contributed by atoms with Crippen LogP contribution in [-0.2, 0) is 0 Å². The second kappa shape index (κ2) is 7.01. The van der Waals surface area contributed by atoms with Crippen molar-refractivity contribution in [3.05, 3.63) is 35.1 Å². The minimum atomic E-state index is -0.0126. The zero-order valence-corrected chi connectivity index (χ0v) is 15.4. The Labute approximate surface area is 153 Å². The number of hydrogen-bond acceptors (Lipinski definition) is 6. The molecule has 2 amide bonds. The van der Waals surface area contributed by atoms with Crippen molar-refractivity contribution < 1.29 is 4.79 Å². The van der Waals surface area contributed by atoms with E-state index in [0.717, 1.165) is 32.0 Å². The van der Waals surface area contributed by atoms with Gasteiger partial charge in [-0.05, 0) is 19.1 Å². The second-order valence-corrected chi connectivity index (χ2v) is 8.43. The number of fused-ring (bicyclic) bond motifs is 1. The highest BCUT2D eigenvalue weighted by atomic mass is 32.2. The number of aromatic amines is 1. The molecule has 9 heteroatoms. The molecule has 0 aliphatic carbocycles. The van der Waals surface area contributed by atoms with Crippen LogP contribution in [0.3, 0.4) is 0 Å². The largest absolute Gasteiger partial charge is 0.342 e. The molecule has 1 aliphatic heterocycles. The Bertz CT molecular complexity index is 853. The monoisotopic (exact) mass is 374 g/mol. The van der Waals surface area contributed by atoms with E-state index in [1.165, 1.54) is 0 Å². The fourth-order valence-electron chi connectivity index (χ4n) is 2.73. The van der Waals surface area contributed by atoms with E-state index < -0.39 is 0 Å². The van der Waals surface area contributed by atoms with Gasteiger partial charge < -0.3 is 15.2 Å². The van der Waals surface area contributed by atoms with Gasteiger partial charge in [0.05, 0.1) is 17.0 Å². The molecule has 130 valence electrons. The molecule has 25 heavy (non-hydrogen) atoms. The highest BCUT2D eigenvalue weighted by molar-refractivity contribution is 8.01. The average Bonchev–Trinajstić information content (AvgIpc) is 3.16. The maximum Gasteiger partial charge on any atom is 0.317 e. The molecule has 3 heterocycles. The van der Waals surface area contributed by atoms with Crippen molar-refractivity contribution >= 4 is 40.2 Å². The number of H-pyrrole nitrogens is 1. The van der Waals surface area contributed by atoms with Gasteiger partial charge in [-0.15, -0.1) is 10.2 Å². The van der Waals surface area contributed by atoms with Crippen molar-refractivity contribution in [2.24, 2.45) is 0 Å². The molecule has 7 nitrogen and oxygen atoms in total. The lowest BCUT2D eigenvalue weighted by Gasteiger charge is -2.37. The molecule has 1 aliphatic rings. The third-order valence-electron chi connectivity index (χ3n) is 4.07. The van der Waals surface area contributed by atoms with Gasteiger partial charge in [0.15, 0.2) is 4.34 Å². The van der Waals surface area contributed by atoms with Crippen LogP contribution in [0.15, 0.2) is 28.6 Å². The van der Waals surface area contributed by atoms with Crippen molar-refractivity contribution in [1.29, 1.82) is 0 Å². The number of carbonyl (C=O) groups excluding carboxylic acids is 1. The van der Waals surface area contributed by atoms with E-state index in [1.807, 2.05) is 36.1 Å². The minimum Gasteiger partial charge on any atom is -0.342 e. The zero-order valence-electron chi connectivity index (χ0n) is 13.7. The number of imidazole rings is 1. The number of para-hydroxylation sites is 2. The summed E-state index contributed by atoms with van der Waals surface area (Å²) in [6.45, 7) is 3.96. The lowest BCUT2D eigenvalue weighted by molar-refractivity contribution is 0.149. The predicted molar refractivity (Wildman–Crippen MR) is 99.2 cm³/mol. The molecule has 1 saturated heterocycles. The average molecular weight is 374 g/mol. The third-order valence-corrected chi connectivity index (χ3v) is 6.05. The summed E-state index contributed by atoms with van der Waals surface area (Å²) in [6.07, 6.45) is 0. The Morgan fingerprint density at radius 1 is 1.40 bits per heavy atom. The highest BCUT2D eigenvalue weighted by Gasteiger charge is 2.33. The van der Waals surface area contributed by atoms with Gasteiger partial charge in [-0.1, -0.05) is 35.2 Å². The van der Waals surface area contributed by atoms with Gasteiger partial charge in [0.2, 0.25) is 0 Å². The molecule has 4 rings (SSSR count). The summed E-state index contributed by atoms with van der Waals surface area (Å²) in [5, 5.41) is 11.9. The fraction of sp³-hybridized carbons (Fsp3) is 0.375. The van der Waals surface area contributed by atoms with Crippen molar-refractivity contribution in [3.63, 3.8) is 0 Å². The summed E-state index contributed by atoms with van der Waals surface area (Å²) in [7, 11) is 0. The number of urea groups is 1. The number of nitrogens with one attached hydrogen (secondary N) is 2. The number of hydrogen-bond donors (Lipinski definition) is 2. The SMILES string of the molecule is Cc1nnc(SCCNC(=O)N2CC(c3nc4ccccc4[nH]3)C2)s1. The molecule has 2 N–H and O–H groups in total. The van der Waals surface area contributed by atoms with Gasteiger partial charge in [0.25, 0.3) is 0 Å². The number of nitrogens with zero attached hydrogens (tertiary/aromatic N) is 4. The van der Waals surface area contributed by atoms with Crippen molar-refractivity contribution in [3.8, 4) is 0 Å². The maximum absolute atomic E-state index is 12.1. The molecule has 0 atom stereocenters. The summed E-state index contributed by atoms with van der Waals surface area (Å²) in [5.41, 5.74) is 2.02. The summed E-state index contributed by atoms with van der Waals surface area (Å²) < 4.78 is 0.945. The van der Waals surface area contributed by atoms with Gasteiger partial charge in [-0.3, -0.25) is 0 Å². The van der Waals surface area contributed by atoms with Crippen LogP contribution in [0.2, 0.25) is 0 Å². The quantitative estimate of drug-likeness (QED) is 0.530. The molecule has 0 unspecified atom stereocenters. The molecule has 1 fully saturated rings. The first kappa shape index (κ1) is 16.3. The number of carbonyl (C=O) groups is 1. The van der Waals surface area contributed by atoms with Crippen LogP contribution in [0.5, 0.6) is 0 Å². The first-order chi connectivity index (χ1) is 12.2.